The summed E-state index contributed by atoms with van der Waals surface area (Å²) in [6, 6.07) is 18.4. The van der Waals surface area contributed by atoms with Gasteiger partial charge in [0, 0.05) is 10.9 Å². The van der Waals surface area contributed by atoms with Crippen molar-refractivity contribution in [1.82, 2.24) is 4.98 Å². The molecule has 1 aromatic heterocycles. The van der Waals surface area contributed by atoms with E-state index in [-0.39, 0.29) is 0 Å². The first-order valence-electron chi connectivity index (χ1n) is 7.81. The molecule has 1 unspecified atom stereocenters. The number of hydrogen-bond donors (Lipinski definition) is 0. The fourth-order valence-corrected chi connectivity index (χ4v) is 3.31. The second kappa shape index (κ2) is 4.81. The third-order valence-electron chi connectivity index (χ3n) is 4.49. The SMILES string of the molecule is c1ccc2c(c1)OCC1CN(c3cnc4ccccc4c3)N=C21. The average molecular weight is 301 g/mol. The third-order valence-corrected chi connectivity index (χ3v) is 4.49. The number of rotatable bonds is 1. The van der Waals surface area contributed by atoms with Gasteiger partial charge in [0.1, 0.15) is 5.75 Å². The highest BCUT2D eigenvalue weighted by atomic mass is 16.5. The Morgan fingerprint density at radius 2 is 1.91 bits per heavy atom. The lowest BCUT2D eigenvalue weighted by molar-refractivity contribution is 0.280. The first kappa shape index (κ1) is 12.6. The summed E-state index contributed by atoms with van der Waals surface area (Å²) >= 11 is 0. The van der Waals surface area contributed by atoms with Crippen LogP contribution in [-0.2, 0) is 0 Å². The van der Waals surface area contributed by atoms with Gasteiger partial charge in [0.2, 0.25) is 0 Å². The highest BCUT2D eigenvalue weighted by molar-refractivity contribution is 6.07. The number of anilines is 1. The summed E-state index contributed by atoms with van der Waals surface area (Å²) in [5.41, 5.74) is 4.28. The van der Waals surface area contributed by atoms with E-state index in [1.54, 1.807) is 0 Å². The highest BCUT2D eigenvalue weighted by Crippen LogP contribution is 2.33. The number of aromatic nitrogens is 1. The Morgan fingerprint density at radius 1 is 1.04 bits per heavy atom. The van der Waals surface area contributed by atoms with E-state index in [0.29, 0.717) is 12.5 Å². The summed E-state index contributed by atoms with van der Waals surface area (Å²) < 4.78 is 5.87. The summed E-state index contributed by atoms with van der Waals surface area (Å²) in [4.78, 5) is 4.55. The maximum absolute atomic E-state index is 5.87. The summed E-state index contributed by atoms with van der Waals surface area (Å²) in [7, 11) is 0. The summed E-state index contributed by atoms with van der Waals surface area (Å²) in [5, 5.41) is 8.04. The van der Waals surface area contributed by atoms with Gasteiger partial charge in [0.25, 0.3) is 0 Å². The zero-order chi connectivity index (χ0) is 15.2. The number of hydrogen-bond acceptors (Lipinski definition) is 4. The lowest BCUT2D eigenvalue weighted by Gasteiger charge is -2.22. The highest BCUT2D eigenvalue weighted by Gasteiger charge is 2.34. The van der Waals surface area contributed by atoms with E-state index >= 15 is 0 Å². The molecule has 0 bridgehead atoms. The quantitative estimate of drug-likeness (QED) is 0.691. The van der Waals surface area contributed by atoms with Gasteiger partial charge in [-0.3, -0.25) is 9.99 Å². The molecule has 0 saturated carbocycles. The molecule has 4 nitrogen and oxygen atoms in total. The van der Waals surface area contributed by atoms with Crippen LogP contribution in [0.15, 0.2) is 65.9 Å². The maximum Gasteiger partial charge on any atom is 0.128 e. The van der Waals surface area contributed by atoms with Crippen LogP contribution in [0.2, 0.25) is 0 Å². The zero-order valence-electron chi connectivity index (χ0n) is 12.5. The van der Waals surface area contributed by atoms with Crippen molar-refractivity contribution in [2.24, 2.45) is 11.0 Å². The monoisotopic (exact) mass is 301 g/mol. The standard InChI is InChI=1S/C19H15N3O/c1-3-7-17-13(5-1)9-15(10-20-17)22-11-14-12-23-18-8-4-2-6-16(18)19(14)21-22/h1-10,14H,11-12H2. The van der Waals surface area contributed by atoms with Crippen molar-refractivity contribution in [2.45, 2.75) is 0 Å². The van der Waals surface area contributed by atoms with Gasteiger partial charge >= 0.3 is 0 Å². The van der Waals surface area contributed by atoms with Crippen LogP contribution in [0.1, 0.15) is 5.56 Å². The molecule has 112 valence electrons. The minimum absolute atomic E-state index is 0.316. The van der Waals surface area contributed by atoms with Crippen molar-refractivity contribution >= 4 is 22.3 Å². The Morgan fingerprint density at radius 3 is 2.91 bits per heavy atom. The first-order chi connectivity index (χ1) is 11.4. The topological polar surface area (TPSA) is 37.7 Å². The third kappa shape index (κ3) is 1.99. The lowest BCUT2D eigenvalue weighted by Crippen LogP contribution is -2.29. The van der Waals surface area contributed by atoms with Gasteiger partial charge in [-0.15, -0.1) is 0 Å². The van der Waals surface area contributed by atoms with Crippen molar-refractivity contribution in [2.75, 3.05) is 18.2 Å². The molecular weight excluding hydrogens is 286 g/mol. The van der Waals surface area contributed by atoms with E-state index in [1.807, 2.05) is 47.6 Å². The van der Waals surface area contributed by atoms with Crippen LogP contribution >= 0.6 is 0 Å². The Bertz CT molecular complexity index is 935. The largest absolute Gasteiger partial charge is 0.492 e. The number of hydrazone groups is 1. The average Bonchev–Trinajstić information content (AvgIpc) is 3.06. The number of nitrogens with zero attached hydrogens (tertiary/aromatic N) is 3. The van der Waals surface area contributed by atoms with Crippen LogP contribution in [-0.4, -0.2) is 23.8 Å². The molecule has 0 radical (unpaired) electrons. The van der Waals surface area contributed by atoms with Gasteiger partial charge in [-0.05, 0) is 24.3 Å². The van der Waals surface area contributed by atoms with Gasteiger partial charge < -0.3 is 4.74 Å². The molecule has 0 N–H and O–H groups in total. The molecule has 4 heteroatoms. The van der Waals surface area contributed by atoms with E-state index in [4.69, 9.17) is 9.84 Å². The van der Waals surface area contributed by atoms with Gasteiger partial charge in [0.15, 0.2) is 0 Å². The molecule has 0 aliphatic carbocycles. The molecule has 0 spiro atoms. The second-order valence-electron chi connectivity index (χ2n) is 5.96. The summed E-state index contributed by atoms with van der Waals surface area (Å²) in [6.07, 6.45) is 1.90. The minimum Gasteiger partial charge on any atom is -0.492 e. The van der Waals surface area contributed by atoms with E-state index in [9.17, 15) is 0 Å². The van der Waals surface area contributed by atoms with E-state index in [2.05, 4.69) is 23.2 Å². The maximum atomic E-state index is 5.87. The molecule has 3 aromatic rings. The van der Waals surface area contributed by atoms with Crippen molar-refractivity contribution in [3.63, 3.8) is 0 Å². The van der Waals surface area contributed by atoms with Crippen LogP contribution < -0.4 is 9.75 Å². The molecule has 2 aliphatic rings. The molecule has 0 amide bonds. The fraction of sp³-hybridized carbons (Fsp3) is 0.158. The molecular formula is C19H15N3O. The van der Waals surface area contributed by atoms with Crippen molar-refractivity contribution in [3.8, 4) is 5.75 Å². The zero-order valence-corrected chi connectivity index (χ0v) is 12.5. The van der Waals surface area contributed by atoms with Crippen LogP contribution in [0.3, 0.4) is 0 Å². The van der Waals surface area contributed by atoms with Crippen LogP contribution in [0.25, 0.3) is 10.9 Å². The molecule has 2 aromatic carbocycles. The predicted octanol–water partition coefficient (Wildman–Crippen LogP) is 3.47. The number of para-hydroxylation sites is 2. The number of ether oxygens (including phenoxy) is 1. The normalized spacial score (nSPS) is 19.0. The van der Waals surface area contributed by atoms with Crippen molar-refractivity contribution in [3.05, 3.63) is 66.4 Å². The van der Waals surface area contributed by atoms with E-state index in [1.165, 1.54) is 0 Å². The molecule has 5 rings (SSSR count). The molecule has 1 atom stereocenters. The van der Waals surface area contributed by atoms with Gasteiger partial charge in [-0.2, -0.15) is 5.10 Å². The Balaban J connectivity index is 1.57. The Kier molecular flexibility index (Phi) is 2.65. The number of benzene rings is 2. The summed E-state index contributed by atoms with van der Waals surface area (Å²) in [5.74, 6) is 1.25. The predicted molar refractivity (Wildman–Crippen MR) is 91.1 cm³/mol. The van der Waals surface area contributed by atoms with Crippen LogP contribution in [0.4, 0.5) is 5.69 Å². The molecule has 0 fully saturated rings. The second-order valence-corrected chi connectivity index (χ2v) is 5.96. The Hall–Kier alpha value is -2.88. The van der Waals surface area contributed by atoms with Crippen LogP contribution in [0, 0.1) is 5.92 Å². The van der Waals surface area contributed by atoms with Crippen molar-refractivity contribution in [1.29, 1.82) is 0 Å². The Labute approximate surface area is 134 Å². The lowest BCUT2D eigenvalue weighted by atomic mass is 9.95. The van der Waals surface area contributed by atoms with E-state index in [0.717, 1.165) is 40.2 Å². The van der Waals surface area contributed by atoms with Crippen molar-refractivity contribution < 1.29 is 4.74 Å². The van der Waals surface area contributed by atoms with Gasteiger partial charge in [-0.1, -0.05) is 30.3 Å². The van der Waals surface area contributed by atoms with Gasteiger partial charge in [-0.25, -0.2) is 0 Å². The molecule has 3 heterocycles. The molecule has 0 saturated heterocycles. The fourth-order valence-electron chi connectivity index (χ4n) is 3.31. The van der Waals surface area contributed by atoms with E-state index < -0.39 is 0 Å². The van der Waals surface area contributed by atoms with Crippen LogP contribution in [0.5, 0.6) is 5.75 Å². The summed E-state index contributed by atoms with van der Waals surface area (Å²) in [6.45, 7) is 1.52. The first-order valence-corrected chi connectivity index (χ1v) is 7.81. The van der Waals surface area contributed by atoms with Gasteiger partial charge in [0.05, 0.1) is 42.2 Å². The number of pyridine rings is 1. The smallest absolute Gasteiger partial charge is 0.128 e. The molecule has 23 heavy (non-hydrogen) atoms. The molecule has 2 aliphatic heterocycles. The number of fused-ring (bicyclic) bond motifs is 4. The minimum atomic E-state index is 0.316.